The lowest BCUT2D eigenvalue weighted by Crippen LogP contribution is -2.08. The van der Waals surface area contributed by atoms with Gasteiger partial charge in [0.1, 0.15) is 11.6 Å². The monoisotopic (exact) mass is 356 g/mol. The molecular weight excluding hydrogens is 340 g/mol. The summed E-state index contributed by atoms with van der Waals surface area (Å²) in [5, 5.41) is 4.34. The average Bonchev–Trinajstić information content (AvgIpc) is 3.35. The molecule has 0 saturated carbocycles. The van der Waals surface area contributed by atoms with E-state index in [9.17, 15) is 4.79 Å². The van der Waals surface area contributed by atoms with Crippen LogP contribution in [0.4, 0.5) is 5.82 Å². The number of hydrogen-bond donors (Lipinski definition) is 2. The summed E-state index contributed by atoms with van der Waals surface area (Å²) in [5.41, 5.74) is 12.0. The predicted octanol–water partition coefficient (Wildman–Crippen LogP) is 2.86. The molecule has 3 aromatic heterocycles. The maximum Gasteiger partial charge on any atom is 0.194 e. The van der Waals surface area contributed by atoms with Crippen molar-refractivity contribution in [3.63, 3.8) is 0 Å². The normalized spacial score (nSPS) is 13.0. The van der Waals surface area contributed by atoms with Crippen molar-refractivity contribution in [2.45, 2.75) is 13.3 Å². The Labute approximate surface area is 154 Å². The number of hydrogen-bond acceptors (Lipinski definition) is 5. The van der Waals surface area contributed by atoms with Gasteiger partial charge in [0.25, 0.3) is 0 Å². The minimum absolute atomic E-state index is 0.103. The summed E-state index contributed by atoms with van der Waals surface area (Å²) in [5.74, 6) is 1.06. The van der Waals surface area contributed by atoms with E-state index in [-0.39, 0.29) is 5.78 Å². The second-order valence-electron chi connectivity index (χ2n) is 6.63. The summed E-state index contributed by atoms with van der Waals surface area (Å²) in [7, 11) is 0. The minimum atomic E-state index is -0.103. The van der Waals surface area contributed by atoms with E-state index in [1.807, 2.05) is 37.3 Å². The molecule has 0 radical (unpaired) electrons. The fourth-order valence-corrected chi connectivity index (χ4v) is 3.48. The first-order chi connectivity index (χ1) is 13.1. The first kappa shape index (κ1) is 15.5. The Kier molecular flexibility index (Phi) is 3.24. The van der Waals surface area contributed by atoms with Crippen LogP contribution < -0.4 is 5.73 Å². The van der Waals surface area contributed by atoms with Crippen molar-refractivity contribution in [3.05, 3.63) is 70.9 Å². The number of aromatic amines is 1. The zero-order valence-corrected chi connectivity index (χ0v) is 14.6. The fourth-order valence-electron chi connectivity index (χ4n) is 3.48. The first-order valence-electron chi connectivity index (χ1n) is 8.58. The molecular formula is C20H16N6O. The van der Waals surface area contributed by atoms with Crippen LogP contribution in [0.15, 0.2) is 48.4 Å². The molecule has 0 amide bonds. The number of H-pyrrole nitrogens is 1. The number of pyridine rings is 1. The van der Waals surface area contributed by atoms with Crippen molar-refractivity contribution in [1.29, 1.82) is 0 Å². The maximum absolute atomic E-state index is 13.0. The van der Waals surface area contributed by atoms with E-state index < -0.39 is 0 Å². The molecule has 0 unspecified atom stereocenters. The van der Waals surface area contributed by atoms with Gasteiger partial charge in [-0.15, -0.1) is 0 Å². The van der Waals surface area contributed by atoms with Crippen molar-refractivity contribution in [2.75, 3.05) is 5.73 Å². The molecule has 7 nitrogen and oxygen atoms in total. The van der Waals surface area contributed by atoms with Gasteiger partial charge in [-0.1, -0.05) is 0 Å². The number of nitrogens with one attached hydrogen (secondary N) is 1. The summed E-state index contributed by atoms with van der Waals surface area (Å²) in [4.78, 5) is 24.7. The summed E-state index contributed by atoms with van der Waals surface area (Å²) in [6.45, 7) is 1.90. The van der Waals surface area contributed by atoms with E-state index >= 15 is 0 Å². The second-order valence-corrected chi connectivity index (χ2v) is 6.63. The van der Waals surface area contributed by atoms with Gasteiger partial charge in [0.05, 0.1) is 28.5 Å². The van der Waals surface area contributed by atoms with Crippen LogP contribution in [0, 0.1) is 6.92 Å². The highest BCUT2D eigenvalue weighted by Crippen LogP contribution is 2.29. The molecule has 0 saturated heterocycles. The van der Waals surface area contributed by atoms with Crippen LogP contribution in [0.2, 0.25) is 0 Å². The first-order valence-corrected chi connectivity index (χ1v) is 8.58. The molecule has 0 bridgehead atoms. The highest BCUT2D eigenvalue weighted by Gasteiger charge is 2.24. The number of fused-ring (bicyclic) bond motifs is 2. The van der Waals surface area contributed by atoms with E-state index in [0.717, 1.165) is 33.7 Å². The quantitative estimate of drug-likeness (QED) is 0.550. The molecule has 0 atom stereocenters. The van der Waals surface area contributed by atoms with Crippen molar-refractivity contribution < 1.29 is 4.79 Å². The Morgan fingerprint density at radius 1 is 1.26 bits per heavy atom. The number of anilines is 1. The summed E-state index contributed by atoms with van der Waals surface area (Å²) >= 11 is 0. The Morgan fingerprint density at radius 3 is 3.00 bits per heavy atom. The number of Topliss-reactive ketones (excluding diaryl/α,β-unsaturated/α-hetero) is 1. The van der Waals surface area contributed by atoms with Crippen LogP contribution in [0.3, 0.4) is 0 Å². The van der Waals surface area contributed by atoms with E-state index in [1.54, 1.807) is 17.1 Å². The third-order valence-electron chi connectivity index (χ3n) is 4.83. The van der Waals surface area contributed by atoms with Crippen LogP contribution in [0.1, 0.15) is 27.3 Å². The van der Waals surface area contributed by atoms with Gasteiger partial charge in [-0.05, 0) is 48.4 Å². The number of aromatic nitrogens is 5. The third kappa shape index (κ3) is 2.43. The molecule has 1 aromatic carbocycles. The summed E-state index contributed by atoms with van der Waals surface area (Å²) in [6, 6.07) is 7.64. The van der Waals surface area contributed by atoms with Crippen LogP contribution >= 0.6 is 0 Å². The molecule has 5 rings (SSSR count). The Hall–Kier alpha value is -3.74. The van der Waals surface area contributed by atoms with Gasteiger partial charge >= 0.3 is 0 Å². The lowest BCUT2D eigenvalue weighted by Gasteiger charge is -2.05. The van der Waals surface area contributed by atoms with Crippen molar-refractivity contribution >= 4 is 28.7 Å². The summed E-state index contributed by atoms with van der Waals surface area (Å²) in [6.07, 6.45) is 7.49. The standard InChI is InChI=1S/C20H16N6O/c1-11-24-17-3-2-15(8-18(17)25-11)26-20(21)16(10-23-26)19(27)13-6-12-4-5-22-9-14(12)7-13/h2-5,7-10H,6,21H2,1H3,(H,24,25). The lowest BCUT2D eigenvalue weighted by molar-refractivity contribution is 0.103. The Bertz CT molecular complexity index is 1250. The number of carbonyl (C=O) groups excluding carboxylic acids is 1. The van der Waals surface area contributed by atoms with Gasteiger partial charge in [-0.2, -0.15) is 5.10 Å². The number of nitrogens with zero attached hydrogens (tertiary/aromatic N) is 4. The van der Waals surface area contributed by atoms with Crippen molar-refractivity contribution in [1.82, 2.24) is 24.7 Å². The van der Waals surface area contributed by atoms with Crippen molar-refractivity contribution in [3.8, 4) is 5.69 Å². The highest BCUT2D eigenvalue weighted by molar-refractivity contribution is 6.15. The van der Waals surface area contributed by atoms with Gasteiger partial charge in [0, 0.05) is 24.4 Å². The minimum Gasteiger partial charge on any atom is -0.383 e. The highest BCUT2D eigenvalue weighted by atomic mass is 16.1. The van der Waals surface area contributed by atoms with Gasteiger partial charge in [0.2, 0.25) is 0 Å². The topological polar surface area (TPSA) is 102 Å². The van der Waals surface area contributed by atoms with Crippen LogP contribution in [0.5, 0.6) is 0 Å². The third-order valence-corrected chi connectivity index (χ3v) is 4.83. The van der Waals surface area contributed by atoms with E-state index in [0.29, 0.717) is 23.4 Å². The number of allylic oxidation sites excluding steroid dienone is 1. The molecule has 0 spiro atoms. The molecule has 1 aliphatic rings. The molecule has 4 aromatic rings. The largest absolute Gasteiger partial charge is 0.383 e. The van der Waals surface area contributed by atoms with Crippen LogP contribution in [0.25, 0.3) is 22.8 Å². The van der Waals surface area contributed by atoms with Gasteiger partial charge in [-0.3, -0.25) is 9.78 Å². The van der Waals surface area contributed by atoms with E-state index in [4.69, 9.17) is 5.73 Å². The molecule has 132 valence electrons. The fraction of sp³-hybridized carbons (Fsp3) is 0.100. The number of benzene rings is 1. The van der Waals surface area contributed by atoms with Crippen LogP contribution in [-0.2, 0) is 6.42 Å². The summed E-state index contributed by atoms with van der Waals surface area (Å²) < 4.78 is 1.58. The van der Waals surface area contributed by atoms with Crippen LogP contribution in [-0.4, -0.2) is 30.5 Å². The molecule has 3 N–H and O–H groups in total. The number of nitrogen functional groups attached to an aromatic ring is 1. The van der Waals surface area contributed by atoms with Gasteiger partial charge < -0.3 is 10.7 Å². The molecule has 3 heterocycles. The number of imidazole rings is 1. The number of carbonyl (C=O) groups is 1. The van der Waals surface area contributed by atoms with Crippen molar-refractivity contribution in [2.24, 2.45) is 0 Å². The molecule has 27 heavy (non-hydrogen) atoms. The Morgan fingerprint density at radius 2 is 2.15 bits per heavy atom. The predicted molar refractivity (Wildman–Crippen MR) is 103 cm³/mol. The van der Waals surface area contributed by atoms with Gasteiger partial charge in [-0.25, -0.2) is 9.67 Å². The van der Waals surface area contributed by atoms with Gasteiger partial charge in [0.15, 0.2) is 5.78 Å². The Balaban J connectivity index is 1.50. The molecule has 7 heteroatoms. The number of ketones is 1. The smallest absolute Gasteiger partial charge is 0.194 e. The zero-order chi connectivity index (χ0) is 18.5. The molecule has 0 fully saturated rings. The number of rotatable bonds is 3. The van der Waals surface area contributed by atoms with E-state index in [2.05, 4.69) is 20.1 Å². The van der Waals surface area contributed by atoms with E-state index in [1.165, 1.54) is 6.20 Å². The molecule has 1 aliphatic carbocycles. The zero-order valence-electron chi connectivity index (χ0n) is 14.6. The second kappa shape index (κ2) is 5.63. The molecule has 0 aliphatic heterocycles. The number of aryl methyl sites for hydroxylation is 1. The average molecular weight is 356 g/mol. The number of nitrogens with two attached hydrogens (primary N) is 1. The lowest BCUT2D eigenvalue weighted by atomic mass is 10.0. The SMILES string of the molecule is Cc1nc2ccc(-n3ncc(C(=O)C4=Cc5cnccc5C4)c3N)cc2[nH]1. The maximum atomic E-state index is 13.0.